The van der Waals surface area contributed by atoms with E-state index in [0.717, 1.165) is 61.6 Å². The largest absolute Gasteiger partial charge is 0.393 e. The third-order valence-electron chi connectivity index (χ3n) is 6.74. The highest BCUT2D eigenvalue weighted by Gasteiger charge is 2.25. The van der Waals surface area contributed by atoms with Crippen LogP contribution >= 0.6 is 0 Å². The summed E-state index contributed by atoms with van der Waals surface area (Å²) in [4.78, 5) is 0. The van der Waals surface area contributed by atoms with E-state index in [-0.39, 0.29) is 6.10 Å². The number of nitriles is 1. The average Bonchev–Trinajstić information content (AvgIpc) is 3.11. The van der Waals surface area contributed by atoms with Crippen molar-refractivity contribution >= 4 is 16.6 Å². The zero-order valence-electron chi connectivity index (χ0n) is 16.9. The average molecular weight is 386 g/mol. The molecule has 0 atom stereocenters. The molecular weight excluding hydrogens is 358 g/mol. The lowest BCUT2D eigenvalue weighted by molar-refractivity contribution is 0.111. The fraction of sp³-hybridized carbons (Fsp3) is 0.400. The van der Waals surface area contributed by atoms with Crippen molar-refractivity contribution in [3.63, 3.8) is 0 Å². The smallest absolute Gasteiger partial charge is 0.0994 e. The Labute approximate surface area is 171 Å². The van der Waals surface area contributed by atoms with Gasteiger partial charge in [0.2, 0.25) is 0 Å². The van der Waals surface area contributed by atoms with Crippen LogP contribution in [-0.2, 0) is 6.42 Å². The van der Waals surface area contributed by atoms with E-state index in [1.54, 1.807) is 0 Å². The molecule has 5 rings (SSSR count). The number of hydrogen-bond acceptors (Lipinski definition) is 3. The zero-order chi connectivity index (χ0) is 20.0. The molecule has 0 spiro atoms. The number of benzene rings is 2. The maximum Gasteiger partial charge on any atom is 0.0994 e. The number of aliphatic hydroxyl groups excluding tert-OH is 1. The number of anilines is 1. The Balaban J connectivity index is 1.73. The van der Waals surface area contributed by atoms with Crippen molar-refractivity contribution in [3.8, 4) is 17.2 Å². The third-order valence-corrected chi connectivity index (χ3v) is 6.74. The summed E-state index contributed by atoms with van der Waals surface area (Å²) in [7, 11) is 0. The normalized spacial score (nSPS) is 21.4. The molecule has 4 nitrogen and oxygen atoms in total. The number of fused-ring (bicyclic) bond motifs is 2. The van der Waals surface area contributed by atoms with Crippen LogP contribution in [0.25, 0.3) is 22.0 Å². The molecular formula is C25H27N3O. The fourth-order valence-electron chi connectivity index (χ4n) is 5.14. The van der Waals surface area contributed by atoms with Crippen molar-refractivity contribution in [2.45, 2.75) is 57.6 Å². The van der Waals surface area contributed by atoms with E-state index in [0.29, 0.717) is 6.04 Å². The number of nitrogens with one attached hydrogen (secondary N) is 1. The summed E-state index contributed by atoms with van der Waals surface area (Å²) in [5, 5.41) is 24.3. The van der Waals surface area contributed by atoms with E-state index in [9.17, 15) is 10.4 Å². The van der Waals surface area contributed by atoms with Crippen LogP contribution in [0.15, 0.2) is 36.5 Å². The molecule has 0 amide bonds. The molecule has 148 valence electrons. The molecule has 0 radical (unpaired) electrons. The van der Waals surface area contributed by atoms with Crippen molar-refractivity contribution in [2.75, 3.05) is 11.9 Å². The van der Waals surface area contributed by atoms with Gasteiger partial charge in [-0.05, 0) is 80.3 Å². The summed E-state index contributed by atoms with van der Waals surface area (Å²) < 4.78 is 2.42. The highest BCUT2D eigenvalue weighted by atomic mass is 16.3. The van der Waals surface area contributed by atoms with Crippen LogP contribution in [0.1, 0.15) is 54.8 Å². The zero-order valence-corrected chi connectivity index (χ0v) is 16.9. The number of rotatable bonds is 2. The third kappa shape index (κ3) is 3.10. The summed E-state index contributed by atoms with van der Waals surface area (Å²) in [6.07, 6.45) is 8.09. The minimum Gasteiger partial charge on any atom is -0.393 e. The van der Waals surface area contributed by atoms with Crippen LogP contribution in [0, 0.1) is 18.3 Å². The molecule has 1 aliphatic heterocycles. The molecule has 4 heteroatoms. The van der Waals surface area contributed by atoms with Crippen molar-refractivity contribution in [1.82, 2.24) is 4.57 Å². The maximum absolute atomic E-state index is 9.96. The molecule has 1 saturated carbocycles. The van der Waals surface area contributed by atoms with Gasteiger partial charge in [0.25, 0.3) is 0 Å². The van der Waals surface area contributed by atoms with Crippen LogP contribution in [0.5, 0.6) is 0 Å². The summed E-state index contributed by atoms with van der Waals surface area (Å²) >= 11 is 0. The standard InChI is InChI=1S/C25H27N3O/c1-16-12-25-22(13-17(16)14-26)23(15-28(25)18-7-9-19(29)10-8-18)20-4-2-6-24-21(20)5-3-11-27-24/h2,4,6,12-13,15,18-19,27,29H,3,5,7-11H2,1H3. The fourth-order valence-corrected chi connectivity index (χ4v) is 5.14. The molecule has 2 aliphatic rings. The lowest BCUT2D eigenvalue weighted by Gasteiger charge is -2.27. The molecule has 2 N–H and O–H groups in total. The Morgan fingerprint density at radius 3 is 2.76 bits per heavy atom. The van der Waals surface area contributed by atoms with Gasteiger partial charge in [0.15, 0.2) is 0 Å². The molecule has 1 aromatic heterocycles. The second-order valence-corrected chi connectivity index (χ2v) is 8.57. The minimum atomic E-state index is -0.160. The minimum absolute atomic E-state index is 0.160. The predicted molar refractivity (Wildman–Crippen MR) is 117 cm³/mol. The first-order valence-corrected chi connectivity index (χ1v) is 10.7. The Hall–Kier alpha value is -2.77. The van der Waals surface area contributed by atoms with Crippen molar-refractivity contribution in [2.24, 2.45) is 0 Å². The Bertz CT molecular complexity index is 1110. The van der Waals surface area contributed by atoms with E-state index in [4.69, 9.17) is 0 Å². The van der Waals surface area contributed by atoms with Crippen molar-refractivity contribution < 1.29 is 5.11 Å². The molecule has 0 bridgehead atoms. The second kappa shape index (κ2) is 7.24. The number of nitrogens with zero attached hydrogens (tertiary/aromatic N) is 2. The number of aryl methyl sites for hydroxylation is 1. The van der Waals surface area contributed by atoms with Gasteiger partial charge in [0, 0.05) is 40.9 Å². The van der Waals surface area contributed by atoms with Gasteiger partial charge in [-0.1, -0.05) is 12.1 Å². The number of aromatic nitrogens is 1. The number of hydrogen-bond donors (Lipinski definition) is 2. The molecule has 1 aliphatic carbocycles. The Morgan fingerprint density at radius 1 is 1.14 bits per heavy atom. The Morgan fingerprint density at radius 2 is 1.97 bits per heavy atom. The van der Waals surface area contributed by atoms with E-state index in [1.165, 1.54) is 27.9 Å². The summed E-state index contributed by atoms with van der Waals surface area (Å²) in [5.74, 6) is 0. The summed E-state index contributed by atoms with van der Waals surface area (Å²) in [6.45, 7) is 3.05. The maximum atomic E-state index is 9.96. The van der Waals surface area contributed by atoms with E-state index < -0.39 is 0 Å². The van der Waals surface area contributed by atoms with E-state index in [2.05, 4.69) is 52.5 Å². The summed E-state index contributed by atoms with van der Waals surface area (Å²) in [5.41, 5.74) is 8.11. The van der Waals surface area contributed by atoms with E-state index >= 15 is 0 Å². The van der Waals surface area contributed by atoms with Crippen LogP contribution in [0.4, 0.5) is 5.69 Å². The van der Waals surface area contributed by atoms with Gasteiger partial charge in [-0.15, -0.1) is 0 Å². The van der Waals surface area contributed by atoms with Gasteiger partial charge < -0.3 is 15.0 Å². The van der Waals surface area contributed by atoms with Gasteiger partial charge in [-0.25, -0.2) is 0 Å². The quantitative estimate of drug-likeness (QED) is 0.627. The molecule has 2 heterocycles. The van der Waals surface area contributed by atoms with Gasteiger partial charge in [-0.3, -0.25) is 0 Å². The lowest BCUT2D eigenvalue weighted by atomic mass is 9.92. The highest BCUT2D eigenvalue weighted by molar-refractivity contribution is 5.99. The molecule has 0 unspecified atom stereocenters. The van der Waals surface area contributed by atoms with Gasteiger partial charge in [-0.2, -0.15) is 5.26 Å². The number of aliphatic hydroxyl groups is 1. The van der Waals surface area contributed by atoms with Crippen LogP contribution in [0.2, 0.25) is 0 Å². The predicted octanol–water partition coefficient (Wildman–Crippen LogP) is 5.32. The lowest BCUT2D eigenvalue weighted by Crippen LogP contribution is -2.20. The first kappa shape index (κ1) is 18.3. The molecule has 0 saturated heterocycles. The molecule has 2 aromatic carbocycles. The Kier molecular flexibility index (Phi) is 4.56. The molecule has 1 fully saturated rings. The van der Waals surface area contributed by atoms with Gasteiger partial charge in [0.05, 0.1) is 17.7 Å². The van der Waals surface area contributed by atoms with Crippen molar-refractivity contribution in [1.29, 1.82) is 5.26 Å². The molecule has 3 aromatic rings. The monoisotopic (exact) mass is 385 g/mol. The van der Waals surface area contributed by atoms with E-state index in [1.807, 2.05) is 6.92 Å². The first-order valence-electron chi connectivity index (χ1n) is 10.7. The molecule has 29 heavy (non-hydrogen) atoms. The van der Waals surface area contributed by atoms with Crippen LogP contribution in [0.3, 0.4) is 0 Å². The van der Waals surface area contributed by atoms with Crippen LogP contribution < -0.4 is 5.32 Å². The first-order chi connectivity index (χ1) is 14.2. The summed E-state index contributed by atoms with van der Waals surface area (Å²) in [6, 6.07) is 13.5. The van der Waals surface area contributed by atoms with Gasteiger partial charge >= 0.3 is 0 Å². The highest BCUT2D eigenvalue weighted by Crippen LogP contribution is 2.41. The van der Waals surface area contributed by atoms with Crippen LogP contribution in [-0.4, -0.2) is 22.3 Å². The SMILES string of the molecule is Cc1cc2c(cc1C#N)c(-c1cccc3c1CCCN3)cn2C1CCC(O)CC1. The second-order valence-electron chi connectivity index (χ2n) is 8.57. The van der Waals surface area contributed by atoms with Gasteiger partial charge in [0.1, 0.15) is 0 Å². The van der Waals surface area contributed by atoms with Crippen molar-refractivity contribution in [3.05, 3.63) is 53.2 Å². The topological polar surface area (TPSA) is 61.0 Å².